The van der Waals surface area contributed by atoms with Crippen molar-refractivity contribution in [2.75, 3.05) is 7.05 Å². The van der Waals surface area contributed by atoms with Gasteiger partial charge < -0.3 is 9.13 Å². The first kappa shape index (κ1) is 11.6. The molecule has 0 radical (unpaired) electrons. The van der Waals surface area contributed by atoms with Gasteiger partial charge in [0.05, 0.1) is 0 Å². The Bertz CT molecular complexity index is 208. The Balaban J connectivity index is 2.61. The molecule has 0 aliphatic carbocycles. The summed E-state index contributed by atoms with van der Waals surface area (Å²) in [5.41, 5.74) is 0.298. The third-order valence-corrected chi connectivity index (χ3v) is 6.47. The van der Waals surface area contributed by atoms with Gasteiger partial charge in [0.25, 0.3) is 0 Å². The smallest absolute Gasteiger partial charge is 0.247 e. The van der Waals surface area contributed by atoms with Crippen LogP contribution in [0.4, 0.5) is 0 Å². The van der Waals surface area contributed by atoms with Gasteiger partial charge in [-0.3, -0.25) is 0 Å². The zero-order chi connectivity index (χ0) is 10.8. The van der Waals surface area contributed by atoms with Crippen molar-refractivity contribution in [2.45, 2.75) is 52.1 Å². The molecule has 0 aromatic carbocycles. The van der Waals surface area contributed by atoms with Crippen molar-refractivity contribution in [1.29, 1.82) is 0 Å². The maximum absolute atomic E-state index is 2.60. The van der Waals surface area contributed by atoms with Crippen LogP contribution in [0.1, 0.15) is 40.5 Å². The van der Waals surface area contributed by atoms with Crippen molar-refractivity contribution in [3.05, 3.63) is 12.4 Å². The molecule has 1 aliphatic heterocycles. The van der Waals surface area contributed by atoms with Gasteiger partial charge in [0.2, 0.25) is 9.12 Å². The molecule has 0 saturated carbocycles. The monoisotopic (exact) mass is 212 g/mol. The van der Waals surface area contributed by atoms with Crippen LogP contribution >= 0.6 is 0 Å². The van der Waals surface area contributed by atoms with E-state index in [1.54, 1.807) is 0 Å². The summed E-state index contributed by atoms with van der Waals surface area (Å²) in [4.78, 5) is 0. The van der Waals surface area contributed by atoms with E-state index in [0.29, 0.717) is 5.54 Å². The number of hydrogen-bond acceptors (Lipinski definition) is 2. The largest absolute Gasteiger partial charge is 0.391 e. The van der Waals surface area contributed by atoms with Crippen LogP contribution < -0.4 is 0 Å². The van der Waals surface area contributed by atoms with Crippen molar-refractivity contribution >= 4 is 9.12 Å². The molecule has 0 saturated heterocycles. The summed E-state index contributed by atoms with van der Waals surface area (Å²) in [6, 6.07) is 1.40. The minimum absolute atomic E-state index is 0.298. The van der Waals surface area contributed by atoms with Crippen molar-refractivity contribution in [2.24, 2.45) is 0 Å². The highest BCUT2D eigenvalue weighted by Gasteiger charge is 2.32. The fraction of sp³-hybridized carbons (Fsp3) is 0.818. The summed E-state index contributed by atoms with van der Waals surface area (Å²) in [7, 11) is 1.35. The highest BCUT2D eigenvalue weighted by molar-refractivity contribution is 6.54. The summed E-state index contributed by atoms with van der Waals surface area (Å²) < 4.78 is 5.06. The Morgan fingerprint density at radius 1 is 1.21 bits per heavy atom. The molecule has 1 atom stereocenters. The molecule has 0 N–H and O–H groups in total. The lowest BCUT2D eigenvalue weighted by Gasteiger charge is -2.39. The van der Waals surface area contributed by atoms with E-state index in [1.165, 1.54) is 18.9 Å². The lowest BCUT2D eigenvalue weighted by atomic mass is 10.1. The minimum atomic E-state index is -0.877. The van der Waals surface area contributed by atoms with E-state index >= 15 is 0 Å². The van der Waals surface area contributed by atoms with Gasteiger partial charge in [-0.1, -0.05) is 19.8 Å². The average Bonchev–Trinajstić information content (AvgIpc) is 2.42. The van der Waals surface area contributed by atoms with Crippen LogP contribution in [0.5, 0.6) is 0 Å². The van der Waals surface area contributed by atoms with Gasteiger partial charge in [-0.2, -0.15) is 0 Å². The van der Waals surface area contributed by atoms with E-state index in [4.69, 9.17) is 0 Å². The van der Waals surface area contributed by atoms with Gasteiger partial charge in [-0.05, 0) is 33.9 Å². The number of rotatable bonds is 3. The van der Waals surface area contributed by atoms with E-state index in [-0.39, 0.29) is 0 Å². The Morgan fingerprint density at radius 3 is 2.36 bits per heavy atom. The summed E-state index contributed by atoms with van der Waals surface area (Å²) in [5, 5.41) is 0. The molecule has 0 amide bonds. The fourth-order valence-corrected chi connectivity index (χ4v) is 5.27. The molecule has 14 heavy (non-hydrogen) atoms. The molecule has 0 aromatic heterocycles. The Hall–Kier alpha value is -0.443. The standard InChI is InChI=1S/C11H24N2Si/c1-6-7-10-14-12(5)8-9-13(14)11(2,3)4/h8-9,14H,6-7,10H2,1-5H3. The highest BCUT2D eigenvalue weighted by Crippen LogP contribution is 2.24. The third kappa shape index (κ3) is 2.53. The van der Waals surface area contributed by atoms with Gasteiger partial charge in [0.15, 0.2) is 0 Å². The van der Waals surface area contributed by atoms with Crippen LogP contribution in [0.25, 0.3) is 0 Å². The molecule has 1 heterocycles. The molecule has 1 aliphatic rings. The van der Waals surface area contributed by atoms with Crippen LogP contribution in [0, 0.1) is 0 Å². The second-order valence-corrected chi connectivity index (χ2v) is 8.07. The summed E-state index contributed by atoms with van der Waals surface area (Å²) in [5.74, 6) is 0. The molecular formula is C11H24N2Si. The normalized spacial score (nSPS) is 22.2. The van der Waals surface area contributed by atoms with E-state index in [0.717, 1.165) is 0 Å². The molecular weight excluding hydrogens is 188 g/mol. The lowest BCUT2D eigenvalue weighted by Crippen LogP contribution is -2.50. The zero-order valence-electron chi connectivity index (χ0n) is 10.2. The summed E-state index contributed by atoms with van der Waals surface area (Å²) in [6.07, 6.45) is 7.22. The minimum Gasteiger partial charge on any atom is -0.391 e. The molecule has 2 nitrogen and oxygen atoms in total. The van der Waals surface area contributed by atoms with Crippen molar-refractivity contribution < 1.29 is 0 Å². The Morgan fingerprint density at radius 2 is 1.86 bits per heavy atom. The van der Waals surface area contributed by atoms with Crippen molar-refractivity contribution in [3.63, 3.8) is 0 Å². The van der Waals surface area contributed by atoms with Crippen molar-refractivity contribution in [1.82, 2.24) is 9.13 Å². The zero-order valence-corrected chi connectivity index (χ0v) is 11.4. The molecule has 1 unspecified atom stereocenters. The van der Waals surface area contributed by atoms with Gasteiger partial charge in [0, 0.05) is 17.9 Å². The predicted octanol–water partition coefficient (Wildman–Crippen LogP) is 2.52. The predicted molar refractivity (Wildman–Crippen MR) is 65.4 cm³/mol. The van der Waals surface area contributed by atoms with Crippen molar-refractivity contribution in [3.8, 4) is 0 Å². The molecule has 1 rings (SSSR count). The van der Waals surface area contributed by atoms with Gasteiger partial charge in [-0.25, -0.2) is 0 Å². The number of unbranched alkanes of at least 4 members (excludes halogenated alkanes) is 1. The average molecular weight is 212 g/mol. The van der Waals surface area contributed by atoms with Gasteiger partial charge in [-0.15, -0.1) is 0 Å². The van der Waals surface area contributed by atoms with Gasteiger partial charge >= 0.3 is 0 Å². The first-order valence-electron chi connectivity index (χ1n) is 5.65. The maximum atomic E-state index is 2.60. The third-order valence-electron chi connectivity index (χ3n) is 2.84. The molecule has 0 aromatic rings. The number of nitrogens with zero attached hydrogens (tertiary/aromatic N) is 2. The first-order chi connectivity index (χ1) is 6.46. The van der Waals surface area contributed by atoms with Crippen LogP contribution in [-0.4, -0.2) is 30.8 Å². The van der Waals surface area contributed by atoms with E-state index in [2.05, 4.69) is 56.3 Å². The summed E-state index contributed by atoms with van der Waals surface area (Å²) >= 11 is 0. The van der Waals surface area contributed by atoms with E-state index in [1.807, 2.05) is 0 Å². The molecule has 0 fully saturated rings. The van der Waals surface area contributed by atoms with Crippen LogP contribution in [-0.2, 0) is 0 Å². The molecule has 0 bridgehead atoms. The van der Waals surface area contributed by atoms with Crippen LogP contribution in [0.3, 0.4) is 0 Å². The second-order valence-electron chi connectivity index (χ2n) is 5.16. The SMILES string of the molecule is CCCC[SiH]1N(C)C=CN1C(C)(C)C. The molecule has 82 valence electrons. The topological polar surface area (TPSA) is 6.48 Å². The van der Waals surface area contributed by atoms with Gasteiger partial charge in [0.1, 0.15) is 0 Å². The highest BCUT2D eigenvalue weighted by atomic mass is 28.3. The summed E-state index contributed by atoms with van der Waals surface area (Å²) in [6.45, 7) is 9.20. The lowest BCUT2D eigenvalue weighted by molar-refractivity contribution is 0.317. The maximum Gasteiger partial charge on any atom is 0.247 e. The molecule has 3 heteroatoms. The van der Waals surface area contributed by atoms with Crippen LogP contribution in [0.15, 0.2) is 12.4 Å². The number of hydrogen-bond donors (Lipinski definition) is 0. The first-order valence-corrected chi connectivity index (χ1v) is 7.50. The van der Waals surface area contributed by atoms with E-state index < -0.39 is 9.12 Å². The Labute approximate surface area is 90.4 Å². The van der Waals surface area contributed by atoms with Crippen LogP contribution in [0.2, 0.25) is 6.04 Å². The second kappa shape index (κ2) is 4.38. The fourth-order valence-electron chi connectivity index (χ4n) is 1.97. The quantitative estimate of drug-likeness (QED) is 0.663. The Kier molecular flexibility index (Phi) is 3.64. The molecule has 0 spiro atoms. The van der Waals surface area contributed by atoms with E-state index in [9.17, 15) is 0 Å².